The van der Waals surface area contributed by atoms with Crippen molar-refractivity contribution in [1.82, 2.24) is 14.8 Å². The van der Waals surface area contributed by atoms with Gasteiger partial charge in [-0.05, 0) is 44.1 Å². The predicted octanol–water partition coefficient (Wildman–Crippen LogP) is 1.70. The van der Waals surface area contributed by atoms with Crippen molar-refractivity contribution in [3.05, 3.63) is 22.6 Å². The van der Waals surface area contributed by atoms with Crippen LogP contribution in [0, 0.1) is 11.8 Å². The molecule has 0 aliphatic carbocycles. The molecule has 180 valence electrons. The van der Waals surface area contributed by atoms with Crippen molar-refractivity contribution in [2.75, 3.05) is 44.5 Å². The van der Waals surface area contributed by atoms with Crippen LogP contribution in [0.5, 0.6) is 5.88 Å². The van der Waals surface area contributed by atoms with E-state index in [1.54, 1.807) is 6.20 Å². The minimum atomic E-state index is -1.83. The second-order valence-electron chi connectivity index (χ2n) is 8.73. The summed E-state index contributed by atoms with van der Waals surface area (Å²) in [5, 5.41) is 5.21. The van der Waals surface area contributed by atoms with Gasteiger partial charge in [0, 0.05) is 43.8 Å². The summed E-state index contributed by atoms with van der Waals surface area (Å²) in [5.41, 5.74) is -0.382. The molecule has 2 aliphatic heterocycles. The van der Waals surface area contributed by atoms with Crippen molar-refractivity contribution in [3.8, 4) is 5.88 Å². The zero-order valence-corrected chi connectivity index (χ0v) is 19.7. The van der Waals surface area contributed by atoms with E-state index in [1.165, 1.54) is 11.8 Å². The number of Topliss-reactive ketones (excluding diaryl/α,β-unsaturated/α-hetero) is 1. The average Bonchev–Trinajstić information content (AvgIpc) is 2.84. The first-order chi connectivity index (χ1) is 16.0. The summed E-state index contributed by atoms with van der Waals surface area (Å²) in [6.45, 7) is 2.66. The second-order valence-corrected chi connectivity index (χ2v) is 9.92. The molecule has 33 heavy (non-hydrogen) atoms. The van der Waals surface area contributed by atoms with Crippen molar-refractivity contribution in [2.45, 2.75) is 38.6 Å². The number of methoxy groups -OCH3 is 1. The Labute approximate surface area is 193 Å². The second kappa shape index (κ2) is 10.9. The molecule has 2 saturated heterocycles. The van der Waals surface area contributed by atoms with Gasteiger partial charge in [-0.3, -0.25) is 9.59 Å². The number of aromatic nitrogens is 3. The van der Waals surface area contributed by atoms with Crippen molar-refractivity contribution in [3.63, 3.8) is 0 Å². The maximum absolute atomic E-state index is 13.1. The minimum Gasteiger partial charge on any atom is -0.480 e. The first-order valence-electron chi connectivity index (χ1n) is 11.4. The molecule has 0 amide bonds. The number of piperidine rings is 1. The first kappa shape index (κ1) is 24.0. The van der Waals surface area contributed by atoms with E-state index in [2.05, 4.69) is 15.0 Å². The SMILES string of the molecule is COc1nc(N2CCC(CCP(O)O)CC2)cc2cnn(CC(=O)C3CCOCC3)c(=O)c12. The van der Waals surface area contributed by atoms with Gasteiger partial charge in [0.25, 0.3) is 5.56 Å². The van der Waals surface area contributed by atoms with Crippen molar-refractivity contribution in [1.29, 1.82) is 0 Å². The fourth-order valence-corrected chi connectivity index (χ4v) is 5.22. The Kier molecular flexibility index (Phi) is 7.90. The lowest BCUT2D eigenvalue weighted by atomic mass is 9.94. The molecular weight excluding hydrogens is 447 g/mol. The van der Waals surface area contributed by atoms with E-state index in [9.17, 15) is 9.59 Å². The summed E-state index contributed by atoms with van der Waals surface area (Å²) in [4.78, 5) is 50.8. The van der Waals surface area contributed by atoms with Gasteiger partial charge in [-0.25, -0.2) is 4.68 Å². The van der Waals surface area contributed by atoms with Crippen LogP contribution >= 0.6 is 8.38 Å². The van der Waals surface area contributed by atoms with Gasteiger partial charge in [-0.1, -0.05) is 0 Å². The molecule has 2 N–H and O–H groups in total. The maximum Gasteiger partial charge on any atom is 0.280 e. The fraction of sp³-hybridized carbons (Fsp3) is 0.636. The average molecular weight is 478 g/mol. The van der Waals surface area contributed by atoms with Crippen LogP contribution in [0.3, 0.4) is 0 Å². The highest BCUT2D eigenvalue weighted by Gasteiger charge is 2.25. The molecular formula is C22H31N4O6P. The largest absolute Gasteiger partial charge is 0.480 e. The number of hydrogen-bond donors (Lipinski definition) is 2. The molecule has 0 saturated carbocycles. The van der Waals surface area contributed by atoms with Crippen LogP contribution in [0.4, 0.5) is 5.82 Å². The van der Waals surface area contributed by atoms with Crippen LogP contribution in [-0.4, -0.2) is 69.9 Å². The highest BCUT2D eigenvalue weighted by atomic mass is 31.2. The lowest BCUT2D eigenvalue weighted by Crippen LogP contribution is -2.35. The minimum absolute atomic E-state index is 0.00590. The van der Waals surface area contributed by atoms with Gasteiger partial charge in [-0.2, -0.15) is 10.1 Å². The molecule has 2 fully saturated rings. The van der Waals surface area contributed by atoms with Crippen LogP contribution in [-0.2, 0) is 16.1 Å². The van der Waals surface area contributed by atoms with Crippen LogP contribution in [0.1, 0.15) is 32.1 Å². The van der Waals surface area contributed by atoms with Gasteiger partial charge in [-0.15, -0.1) is 0 Å². The molecule has 0 spiro atoms. The van der Waals surface area contributed by atoms with Gasteiger partial charge in [0.15, 0.2) is 14.2 Å². The summed E-state index contributed by atoms with van der Waals surface area (Å²) >= 11 is 0. The molecule has 2 aliphatic rings. The molecule has 2 aromatic rings. The Hall–Kier alpha value is -2.13. The van der Waals surface area contributed by atoms with Crippen LogP contribution in [0.15, 0.2) is 17.1 Å². The third-order valence-corrected chi connectivity index (χ3v) is 7.30. The number of pyridine rings is 1. The zero-order valence-electron chi connectivity index (χ0n) is 18.9. The van der Waals surface area contributed by atoms with E-state index in [0.717, 1.165) is 38.2 Å². The normalized spacial score (nSPS) is 18.2. The highest BCUT2D eigenvalue weighted by molar-refractivity contribution is 7.45. The summed E-state index contributed by atoms with van der Waals surface area (Å²) in [7, 11) is -0.347. The first-order valence-corrected chi connectivity index (χ1v) is 12.8. The summed E-state index contributed by atoms with van der Waals surface area (Å²) in [6.07, 6.45) is 6.10. The van der Waals surface area contributed by atoms with Gasteiger partial charge < -0.3 is 24.2 Å². The Morgan fingerprint density at radius 3 is 2.64 bits per heavy atom. The van der Waals surface area contributed by atoms with E-state index in [4.69, 9.17) is 19.3 Å². The van der Waals surface area contributed by atoms with Crippen LogP contribution in [0.2, 0.25) is 0 Å². The molecule has 0 aromatic carbocycles. The summed E-state index contributed by atoms with van der Waals surface area (Å²) in [5.74, 6) is 1.32. The molecule has 2 aromatic heterocycles. The third kappa shape index (κ3) is 5.69. The number of nitrogens with zero attached hydrogens (tertiary/aromatic N) is 4. The van der Waals surface area contributed by atoms with Crippen molar-refractivity contribution < 1.29 is 24.1 Å². The standard InChI is InChI=1S/C22H31N4O6P/c1-31-21-20-17(12-19(24-21)25-7-2-15(3-8-25)6-11-33(29)30)13-23-26(22(20)28)14-18(27)16-4-9-32-10-5-16/h12-13,15-16,29-30H,2-11,14H2,1H3. The molecule has 4 heterocycles. The number of carbonyl (C=O) groups is 1. The van der Waals surface area contributed by atoms with Gasteiger partial charge in [0.05, 0.1) is 13.3 Å². The van der Waals surface area contributed by atoms with Crippen LogP contribution in [0.25, 0.3) is 10.8 Å². The number of carbonyl (C=O) groups excluding carboxylic acids is 1. The quantitative estimate of drug-likeness (QED) is 0.545. The van der Waals surface area contributed by atoms with Gasteiger partial charge in [0.1, 0.15) is 17.7 Å². The zero-order chi connectivity index (χ0) is 23.4. The van der Waals surface area contributed by atoms with E-state index in [0.29, 0.717) is 48.9 Å². The van der Waals surface area contributed by atoms with Crippen molar-refractivity contribution in [2.24, 2.45) is 11.8 Å². The van der Waals surface area contributed by atoms with E-state index >= 15 is 0 Å². The molecule has 0 bridgehead atoms. The summed E-state index contributed by atoms with van der Waals surface area (Å²) < 4.78 is 12.0. The lowest BCUT2D eigenvalue weighted by Gasteiger charge is -2.33. The molecule has 0 unspecified atom stereocenters. The molecule has 10 nitrogen and oxygen atoms in total. The molecule has 4 rings (SSSR count). The van der Waals surface area contributed by atoms with Crippen LogP contribution < -0.4 is 15.2 Å². The Bertz CT molecular complexity index is 1030. The topological polar surface area (TPSA) is 127 Å². The number of anilines is 1. The van der Waals surface area contributed by atoms with Gasteiger partial charge >= 0.3 is 0 Å². The Morgan fingerprint density at radius 1 is 1.24 bits per heavy atom. The third-order valence-electron chi connectivity index (χ3n) is 6.64. The molecule has 11 heteroatoms. The number of rotatable bonds is 8. The Balaban J connectivity index is 1.52. The molecule has 0 radical (unpaired) electrons. The fourth-order valence-electron chi connectivity index (χ4n) is 4.62. The summed E-state index contributed by atoms with van der Waals surface area (Å²) in [6, 6.07) is 1.85. The highest BCUT2D eigenvalue weighted by Crippen LogP contribution is 2.32. The lowest BCUT2D eigenvalue weighted by molar-refractivity contribution is -0.126. The predicted molar refractivity (Wildman–Crippen MR) is 125 cm³/mol. The maximum atomic E-state index is 13.1. The van der Waals surface area contributed by atoms with E-state index in [1.807, 2.05) is 6.07 Å². The molecule has 0 atom stereocenters. The van der Waals surface area contributed by atoms with E-state index < -0.39 is 8.38 Å². The Morgan fingerprint density at radius 2 is 1.97 bits per heavy atom. The van der Waals surface area contributed by atoms with Crippen molar-refractivity contribution >= 4 is 30.7 Å². The monoisotopic (exact) mass is 478 g/mol. The smallest absolute Gasteiger partial charge is 0.280 e. The number of ketones is 1. The van der Waals surface area contributed by atoms with E-state index in [-0.39, 0.29) is 29.7 Å². The number of fused-ring (bicyclic) bond motifs is 1. The van der Waals surface area contributed by atoms with Gasteiger partial charge in [0.2, 0.25) is 5.88 Å². The number of hydrogen-bond acceptors (Lipinski definition) is 9. The number of ether oxygens (including phenoxy) is 2.